The molecule has 6 nitrogen and oxygen atoms in total. The Labute approximate surface area is 184 Å². The summed E-state index contributed by atoms with van der Waals surface area (Å²) in [4.78, 5) is 0. The molecule has 172 valence electrons. The number of halogens is 3. The minimum absolute atomic E-state index is 0.00329. The molecule has 31 heavy (non-hydrogen) atoms. The van der Waals surface area contributed by atoms with E-state index in [0.717, 1.165) is 0 Å². The fourth-order valence-electron chi connectivity index (χ4n) is 3.12. The van der Waals surface area contributed by atoms with Crippen LogP contribution in [0.25, 0.3) is 0 Å². The van der Waals surface area contributed by atoms with E-state index in [1.165, 1.54) is 19.2 Å². The molecule has 1 unspecified atom stereocenters. The number of hydrogen-bond donors (Lipinski definition) is 4. The Morgan fingerprint density at radius 3 is 2.39 bits per heavy atom. The van der Waals surface area contributed by atoms with Crippen LogP contribution in [0.4, 0.5) is 8.78 Å². The molecule has 0 bridgehead atoms. The third kappa shape index (κ3) is 6.58. The topological polar surface area (TPSA) is 99.4 Å². The molecule has 2 aromatic carbocycles. The average molecular weight is 461 g/mol. The Kier molecular flexibility index (Phi) is 9.17. The first-order valence-corrected chi connectivity index (χ1v) is 10.1. The molecule has 0 heterocycles. The van der Waals surface area contributed by atoms with Gasteiger partial charge in [-0.15, -0.1) is 0 Å². The summed E-state index contributed by atoms with van der Waals surface area (Å²) in [5.74, 6) is -4.23. The zero-order valence-electron chi connectivity index (χ0n) is 17.3. The molecule has 4 N–H and O–H groups in total. The Morgan fingerprint density at radius 1 is 1.06 bits per heavy atom. The molecule has 0 saturated heterocycles. The van der Waals surface area contributed by atoms with Crippen molar-refractivity contribution in [1.29, 1.82) is 0 Å². The van der Waals surface area contributed by atoms with E-state index < -0.39 is 42.7 Å². The van der Waals surface area contributed by atoms with Crippen LogP contribution in [0.15, 0.2) is 30.3 Å². The molecule has 0 aliphatic heterocycles. The van der Waals surface area contributed by atoms with Crippen LogP contribution in [0.3, 0.4) is 0 Å². The van der Waals surface area contributed by atoms with Gasteiger partial charge in [0.05, 0.1) is 25.4 Å². The van der Waals surface area contributed by atoms with E-state index in [1.807, 2.05) is 0 Å². The minimum atomic E-state index is -1.97. The Bertz CT molecular complexity index is 875. The quantitative estimate of drug-likeness (QED) is 0.385. The van der Waals surface area contributed by atoms with Crippen molar-refractivity contribution < 1.29 is 38.7 Å². The van der Waals surface area contributed by atoms with Crippen LogP contribution in [0.5, 0.6) is 5.75 Å². The van der Waals surface area contributed by atoms with E-state index in [4.69, 9.17) is 26.2 Å². The summed E-state index contributed by atoms with van der Waals surface area (Å²) in [5.41, 5.74) is 1.18. The van der Waals surface area contributed by atoms with Crippen molar-refractivity contribution in [2.75, 3.05) is 20.3 Å². The van der Waals surface area contributed by atoms with Gasteiger partial charge in [0.1, 0.15) is 0 Å². The summed E-state index contributed by atoms with van der Waals surface area (Å²) in [6.07, 6.45) is -3.06. The summed E-state index contributed by atoms with van der Waals surface area (Å²) in [7, 11) is 1.17. The number of methoxy groups -OCH3 is 1. The molecule has 3 atom stereocenters. The first kappa shape index (κ1) is 25.5. The smallest absolute Gasteiger partial charge is 0.200 e. The van der Waals surface area contributed by atoms with Gasteiger partial charge in [-0.25, -0.2) is 4.39 Å². The highest BCUT2D eigenvalue weighted by atomic mass is 35.5. The number of aliphatic hydroxyl groups excluding tert-OH is 3. The van der Waals surface area contributed by atoms with Crippen molar-refractivity contribution in [3.8, 4) is 5.75 Å². The molecule has 0 amide bonds. The molecule has 0 aromatic heterocycles. The van der Waals surface area contributed by atoms with Gasteiger partial charge in [0.2, 0.25) is 5.82 Å². The third-order valence-electron chi connectivity index (χ3n) is 4.96. The van der Waals surface area contributed by atoms with Gasteiger partial charge in [0.25, 0.3) is 0 Å². The summed E-state index contributed by atoms with van der Waals surface area (Å²) < 4.78 is 38.4. The van der Waals surface area contributed by atoms with Crippen molar-refractivity contribution in [3.63, 3.8) is 0 Å². The van der Waals surface area contributed by atoms with Crippen LogP contribution in [0.1, 0.15) is 30.0 Å². The lowest BCUT2D eigenvalue weighted by atomic mass is 9.96. The second-order valence-electron chi connectivity index (χ2n) is 7.24. The average Bonchev–Trinajstić information content (AvgIpc) is 2.75. The van der Waals surface area contributed by atoms with Crippen molar-refractivity contribution in [2.24, 2.45) is 0 Å². The standard InChI is InChI=1S/C22H27ClF2O6/c1-3-31-19-7-5-14(20(24)21(19)25)10-15-8-13(4-6-16(15)23)9-17(27)18(28)11-22(29,12-26)30-2/h4-8,17-18,26-29H,3,9-12H2,1-2H3/t17-,18?,22-/m0/s1. The highest BCUT2D eigenvalue weighted by Gasteiger charge is 2.32. The Hall–Kier alpha value is -1.81. The lowest BCUT2D eigenvalue weighted by molar-refractivity contribution is -0.228. The van der Waals surface area contributed by atoms with Gasteiger partial charge in [-0.3, -0.25) is 0 Å². The van der Waals surface area contributed by atoms with Gasteiger partial charge < -0.3 is 29.9 Å². The number of hydrogen-bond acceptors (Lipinski definition) is 6. The molecule has 2 aromatic rings. The van der Waals surface area contributed by atoms with E-state index in [0.29, 0.717) is 16.1 Å². The molecule has 0 aliphatic carbocycles. The van der Waals surface area contributed by atoms with E-state index >= 15 is 0 Å². The highest BCUT2D eigenvalue weighted by molar-refractivity contribution is 6.31. The second-order valence-corrected chi connectivity index (χ2v) is 7.64. The maximum Gasteiger partial charge on any atom is 0.200 e. The minimum Gasteiger partial charge on any atom is -0.491 e. The number of aliphatic hydroxyl groups is 4. The zero-order valence-corrected chi connectivity index (χ0v) is 18.1. The summed E-state index contributed by atoms with van der Waals surface area (Å²) in [5, 5.41) is 39.8. The van der Waals surface area contributed by atoms with E-state index in [-0.39, 0.29) is 30.8 Å². The third-order valence-corrected chi connectivity index (χ3v) is 5.33. The molecule has 0 spiro atoms. The molecule has 0 aliphatic rings. The van der Waals surface area contributed by atoms with E-state index in [9.17, 15) is 24.1 Å². The fourth-order valence-corrected chi connectivity index (χ4v) is 3.31. The monoisotopic (exact) mass is 460 g/mol. The zero-order chi connectivity index (χ0) is 23.2. The fraction of sp³-hybridized carbons (Fsp3) is 0.455. The highest BCUT2D eigenvalue weighted by Crippen LogP contribution is 2.28. The largest absolute Gasteiger partial charge is 0.491 e. The van der Waals surface area contributed by atoms with Gasteiger partial charge in [-0.1, -0.05) is 29.8 Å². The van der Waals surface area contributed by atoms with Gasteiger partial charge in [0.15, 0.2) is 17.4 Å². The second kappa shape index (κ2) is 11.2. The van der Waals surface area contributed by atoms with Gasteiger partial charge in [0, 0.05) is 31.4 Å². The van der Waals surface area contributed by atoms with Crippen LogP contribution in [0.2, 0.25) is 5.02 Å². The van der Waals surface area contributed by atoms with Crippen LogP contribution in [-0.4, -0.2) is 58.7 Å². The molecular weight excluding hydrogens is 434 g/mol. The number of rotatable bonds is 11. The lowest BCUT2D eigenvalue weighted by Gasteiger charge is -2.28. The van der Waals surface area contributed by atoms with Crippen molar-refractivity contribution >= 4 is 11.6 Å². The van der Waals surface area contributed by atoms with Crippen LogP contribution < -0.4 is 4.74 Å². The van der Waals surface area contributed by atoms with Crippen LogP contribution >= 0.6 is 11.6 Å². The number of benzene rings is 2. The van der Waals surface area contributed by atoms with E-state index in [2.05, 4.69) is 0 Å². The van der Waals surface area contributed by atoms with Crippen molar-refractivity contribution in [2.45, 2.75) is 44.2 Å². The Morgan fingerprint density at radius 2 is 1.77 bits per heavy atom. The predicted octanol–water partition coefficient (Wildman–Crippen LogP) is 2.59. The maximum absolute atomic E-state index is 14.4. The molecule has 9 heteroatoms. The lowest BCUT2D eigenvalue weighted by Crippen LogP contribution is -2.43. The molecule has 2 rings (SSSR count). The molecular formula is C22H27ClF2O6. The predicted molar refractivity (Wildman–Crippen MR) is 111 cm³/mol. The number of ether oxygens (including phenoxy) is 2. The van der Waals surface area contributed by atoms with E-state index in [1.54, 1.807) is 25.1 Å². The van der Waals surface area contributed by atoms with Crippen LogP contribution in [-0.2, 0) is 17.6 Å². The molecule has 0 saturated carbocycles. The van der Waals surface area contributed by atoms with Gasteiger partial charge in [-0.2, -0.15) is 4.39 Å². The Balaban J connectivity index is 2.16. The maximum atomic E-state index is 14.4. The first-order chi connectivity index (χ1) is 14.6. The van der Waals surface area contributed by atoms with Gasteiger partial charge in [-0.05, 0) is 35.7 Å². The normalized spacial score (nSPS) is 15.4. The summed E-state index contributed by atoms with van der Waals surface area (Å²) >= 11 is 6.21. The van der Waals surface area contributed by atoms with Crippen molar-refractivity contribution in [3.05, 3.63) is 63.7 Å². The van der Waals surface area contributed by atoms with Crippen LogP contribution in [0, 0.1) is 11.6 Å². The first-order valence-electron chi connectivity index (χ1n) is 9.75. The summed E-state index contributed by atoms with van der Waals surface area (Å²) in [6.45, 7) is 1.13. The summed E-state index contributed by atoms with van der Waals surface area (Å²) in [6, 6.07) is 7.60. The SMILES string of the molecule is CCOc1ccc(Cc2cc(C[C@H](O)C(O)C[C@@](O)(CO)OC)ccc2Cl)c(F)c1F. The molecule has 0 radical (unpaired) electrons. The molecule has 0 fully saturated rings. The van der Waals surface area contributed by atoms with Crippen molar-refractivity contribution in [1.82, 2.24) is 0 Å². The van der Waals surface area contributed by atoms with Gasteiger partial charge >= 0.3 is 0 Å².